The molecule has 5 heteroatoms. The third kappa shape index (κ3) is 1.44. The first-order valence-electron chi connectivity index (χ1n) is 4.08. The highest BCUT2D eigenvalue weighted by atomic mass is 79.9. The molecule has 2 aromatic rings. The molecule has 14 heavy (non-hydrogen) atoms. The molecule has 0 amide bonds. The van der Waals surface area contributed by atoms with Crippen molar-refractivity contribution in [3.05, 3.63) is 44.9 Å². The highest BCUT2D eigenvalue weighted by molar-refractivity contribution is 9.10. The van der Waals surface area contributed by atoms with E-state index in [1.807, 2.05) is 0 Å². The van der Waals surface area contributed by atoms with Crippen molar-refractivity contribution in [3.8, 4) is 0 Å². The predicted octanol–water partition coefficient (Wildman–Crippen LogP) is 0.916. The Bertz CT molecular complexity index is 535. The molecule has 4 nitrogen and oxygen atoms in total. The highest BCUT2D eigenvalue weighted by Crippen LogP contribution is 2.09. The molecule has 0 aliphatic rings. The molecule has 2 N–H and O–H groups in total. The van der Waals surface area contributed by atoms with Crippen molar-refractivity contribution in [1.82, 2.24) is 9.38 Å². The van der Waals surface area contributed by atoms with Gasteiger partial charge in [-0.25, -0.2) is 4.98 Å². The van der Waals surface area contributed by atoms with Crippen LogP contribution >= 0.6 is 15.9 Å². The van der Waals surface area contributed by atoms with E-state index in [4.69, 9.17) is 5.73 Å². The number of fused-ring (bicyclic) bond motifs is 1. The number of hydrogen-bond acceptors (Lipinski definition) is 3. The van der Waals surface area contributed by atoms with Crippen LogP contribution in [0.5, 0.6) is 0 Å². The van der Waals surface area contributed by atoms with Crippen molar-refractivity contribution in [1.29, 1.82) is 0 Å². The van der Waals surface area contributed by atoms with E-state index in [1.54, 1.807) is 18.3 Å². The van der Waals surface area contributed by atoms with Crippen molar-refractivity contribution in [3.63, 3.8) is 0 Å². The van der Waals surface area contributed by atoms with Gasteiger partial charge in [-0.3, -0.25) is 9.20 Å². The van der Waals surface area contributed by atoms with Gasteiger partial charge in [0.15, 0.2) is 0 Å². The molecule has 0 aliphatic carbocycles. The van der Waals surface area contributed by atoms with Crippen molar-refractivity contribution >= 4 is 21.6 Å². The molecule has 0 fully saturated rings. The Labute approximate surface area is 88.5 Å². The Morgan fingerprint density at radius 3 is 3.07 bits per heavy atom. The molecule has 0 saturated heterocycles. The first-order valence-corrected chi connectivity index (χ1v) is 4.87. The molecule has 0 atom stereocenters. The van der Waals surface area contributed by atoms with Gasteiger partial charge in [0.25, 0.3) is 5.56 Å². The summed E-state index contributed by atoms with van der Waals surface area (Å²) in [7, 11) is 0. The third-order valence-electron chi connectivity index (χ3n) is 1.96. The van der Waals surface area contributed by atoms with E-state index in [2.05, 4.69) is 20.9 Å². The van der Waals surface area contributed by atoms with E-state index in [0.29, 0.717) is 11.2 Å². The molecule has 2 rings (SSSR count). The van der Waals surface area contributed by atoms with E-state index >= 15 is 0 Å². The normalized spacial score (nSPS) is 10.7. The van der Waals surface area contributed by atoms with Gasteiger partial charge in [-0.05, 0) is 12.1 Å². The molecule has 2 aromatic heterocycles. The predicted molar refractivity (Wildman–Crippen MR) is 57.1 cm³/mol. The molecule has 0 aliphatic heterocycles. The fourth-order valence-electron chi connectivity index (χ4n) is 1.23. The maximum Gasteiger partial charge on any atom is 0.262 e. The number of nitrogens with two attached hydrogens (primary N) is 1. The summed E-state index contributed by atoms with van der Waals surface area (Å²) in [5, 5.41) is 0. The van der Waals surface area contributed by atoms with Crippen LogP contribution in [-0.2, 0) is 6.54 Å². The van der Waals surface area contributed by atoms with E-state index in [-0.39, 0.29) is 12.1 Å². The average Bonchev–Trinajstić information content (AvgIpc) is 2.18. The number of nitrogens with zero attached hydrogens (tertiary/aromatic N) is 2. The molecule has 72 valence electrons. The lowest BCUT2D eigenvalue weighted by atomic mass is 10.3. The van der Waals surface area contributed by atoms with Crippen LogP contribution in [0.4, 0.5) is 0 Å². The van der Waals surface area contributed by atoms with Gasteiger partial charge < -0.3 is 5.73 Å². The average molecular weight is 254 g/mol. The van der Waals surface area contributed by atoms with Crippen LogP contribution in [0.25, 0.3) is 5.65 Å². The van der Waals surface area contributed by atoms with Crippen LogP contribution in [0, 0.1) is 0 Å². The molecule has 0 radical (unpaired) electrons. The molecular weight excluding hydrogens is 246 g/mol. The summed E-state index contributed by atoms with van der Waals surface area (Å²) < 4.78 is 2.37. The zero-order valence-electron chi connectivity index (χ0n) is 7.27. The van der Waals surface area contributed by atoms with Gasteiger partial charge in [0.1, 0.15) is 5.65 Å². The van der Waals surface area contributed by atoms with Crippen molar-refractivity contribution < 1.29 is 0 Å². The van der Waals surface area contributed by atoms with Crippen molar-refractivity contribution in [2.45, 2.75) is 6.54 Å². The zero-order chi connectivity index (χ0) is 10.1. The SMILES string of the molecule is NCc1cnc2cc(Br)ccn2c1=O. The lowest BCUT2D eigenvalue weighted by molar-refractivity contribution is 0.945. The number of aromatic nitrogens is 2. The monoisotopic (exact) mass is 253 g/mol. The summed E-state index contributed by atoms with van der Waals surface area (Å²) in [4.78, 5) is 15.8. The van der Waals surface area contributed by atoms with Gasteiger partial charge in [0.05, 0.1) is 0 Å². The van der Waals surface area contributed by atoms with E-state index < -0.39 is 0 Å². The summed E-state index contributed by atoms with van der Waals surface area (Å²) >= 11 is 3.31. The lowest BCUT2D eigenvalue weighted by Crippen LogP contribution is -2.21. The minimum atomic E-state index is -0.106. The summed E-state index contributed by atoms with van der Waals surface area (Å²) in [6.07, 6.45) is 3.19. The molecule has 0 aromatic carbocycles. The van der Waals surface area contributed by atoms with Gasteiger partial charge in [0, 0.05) is 29.0 Å². The van der Waals surface area contributed by atoms with Crippen LogP contribution in [0.3, 0.4) is 0 Å². The van der Waals surface area contributed by atoms with Gasteiger partial charge in [0.2, 0.25) is 0 Å². The van der Waals surface area contributed by atoms with Crippen LogP contribution in [0.1, 0.15) is 5.56 Å². The second kappa shape index (κ2) is 3.51. The second-order valence-electron chi connectivity index (χ2n) is 2.87. The van der Waals surface area contributed by atoms with Crippen molar-refractivity contribution in [2.75, 3.05) is 0 Å². The number of rotatable bonds is 1. The molecule has 0 saturated carbocycles. The number of pyridine rings is 1. The minimum absolute atomic E-state index is 0.106. The summed E-state index contributed by atoms with van der Waals surface area (Å²) in [5.41, 5.74) is 6.43. The lowest BCUT2D eigenvalue weighted by Gasteiger charge is -2.01. The Kier molecular flexibility index (Phi) is 2.35. The Hall–Kier alpha value is -1.20. The van der Waals surface area contributed by atoms with Crippen LogP contribution in [-0.4, -0.2) is 9.38 Å². The topological polar surface area (TPSA) is 60.4 Å². The van der Waals surface area contributed by atoms with Crippen LogP contribution < -0.4 is 11.3 Å². The van der Waals surface area contributed by atoms with Crippen LogP contribution in [0.2, 0.25) is 0 Å². The smallest absolute Gasteiger partial charge is 0.262 e. The van der Waals surface area contributed by atoms with Gasteiger partial charge in [-0.2, -0.15) is 0 Å². The maximum atomic E-state index is 11.7. The largest absolute Gasteiger partial charge is 0.326 e. The fraction of sp³-hybridized carbons (Fsp3) is 0.111. The number of halogens is 1. The summed E-state index contributed by atoms with van der Waals surface area (Å²) in [5.74, 6) is 0. The van der Waals surface area contributed by atoms with Crippen molar-refractivity contribution in [2.24, 2.45) is 5.73 Å². The minimum Gasteiger partial charge on any atom is -0.326 e. The highest BCUT2D eigenvalue weighted by Gasteiger charge is 2.02. The Morgan fingerprint density at radius 1 is 1.57 bits per heavy atom. The third-order valence-corrected chi connectivity index (χ3v) is 2.46. The molecular formula is C9H8BrN3O. The van der Waals surface area contributed by atoms with Crippen LogP contribution in [0.15, 0.2) is 33.8 Å². The summed E-state index contributed by atoms with van der Waals surface area (Å²) in [6, 6.07) is 3.57. The first-order chi connectivity index (χ1) is 6.72. The zero-order valence-corrected chi connectivity index (χ0v) is 8.86. The quantitative estimate of drug-likeness (QED) is 0.823. The first kappa shape index (κ1) is 9.36. The number of hydrogen-bond donors (Lipinski definition) is 1. The molecule has 0 bridgehead atoms. The van der Waals surface area contributed by atoms with E-state index in [0.717, 1.165) is 4.47 Å². The Morgan fingerprint density at radius 2 is 2.36 bits per heavy atom. The maximum absolute atomic E-state index is 11.7. The molecule has 0 unspecified atom stereocenters. The Balaban J connectivity index is 2.84. The van der Waals surface area contributed by atoms with Gasteiger partial charge in [-0.15, -0.1) is 0 Å². The fourth-order valence-corrected chi connectivity index (χ4v) is 1.55. The standard InChI is InChI=1S/C9H8BrN3O/c10-7-1-2-13-8(3-7)12-5-6(4-11)9(13)14/h1-3,5H,4,11H2. The van der Waals surface area contributed by atoms with Gasteiger partial charge in [-0.1, -0.05) is 15.9 Å². The molecule has 2 heterocycles. The van der Waals surface area contributed by atoms with E-state index in [9.17, 15) is 4.79 Å². The molecule has 0 spiro atoms. The van der Waals surface area contributed by atoms with E-state index in [1.165, 1.54) is 10.6 Å². The van der Waals surface area contributed by atoms with Gasteiger partial charge >= 0.3 is 0 Å². The second-order valence-corrected chi connectivity index (χ2v) is 3.78. The summed E-state index contributed by atoms with van der Waals surface area (Å²) in [6.45, 7) is 0.213.